The second kappa shape index (κ2) is 6.34. The number of ketones is 1. The molecule has 0 saturated heterocycles. The molecule has 3 atom stereocenters. The van der Waals surface area contributed by atoms with E-state index in [1.54, 1.807) is 0 Å². The van der Waals surface area contributed by atoms with Crippen molar-refractivity contribution in [3.63, 3.8) is 0 Å². The minimum Gasteiger partial charge on any atom is -0.294 e. The average molecular weight is 284 g/mol. The molecule has 21 heavy (non-hydrogen) atoms. The molecule has 0 bridgehead atoms. The maximum atomic E-state index is 12.8. The summed E-state index contributed by atoms with van der Waals surface area (Å²) < 4.78 is 0. The van der Waals surface area contributed by atoms with E-state index in [0.717, 1.165) is 30.2 Å². The molecule has 2 aliphatic rings. The summed E-state index contributed by atoms with van der Waals surface area (Å²) in [6, 6.07) is 8.35. The third-order valence-corrected chi connectivity index (χ3v) is 5.77. The number of hydrogen-bond donors (Lipinski definition) is 0. The molecular weight excluding hydrogens is 256 g/mol. The standard InChI is InChI=1S/C20H28O/c1-14(2)15-7-10-17(11-8-15)20(21)19-12-9-16-5-3-4-6-18(16)13-19/h7-8,10-11,14,16,18-19H,3-6,9,12-13H2,1-2H3. The van der Waals surface area contributed by atoms with Crippen molar-refractivity contribution < 1.29 is 4.79 Å². The first-order chi connectivity index (χ1) is 10.1. The maximum Gasteiger partial charge on any atom is 0.165 e. The number of fused-ring (bicyclic) bond motifs is 1. The van der Waals surface area contributed by atoms with Crippen LogP contribution in [0, 0.1) is 17.8 Å². The molecule has 0 amide bonds. The highest BCUT2D eigenvalue weighted by atomic mass is 16.1. The van der Waals surface area contributed by atoms with Gasteiger partial charge in [0, 0.05) is 11.5 Å². The highest BCUT2D eigenvalue weighted by Crippen LogP contribution is 2.43. The Morgan fingerprint density at radius 2 is 1.62 bits per heavy atom. The zero-order valence-electron chi connectivity index (χ0n) is 13.5. The van der Waals surface area contributed by atoms with Crippen LogP contribution in [0.15, 0.2) is 24.3 Å². The van der Waals surface area contributed by atoms with Crippen LogP contribution in [0.1, 0.15) is 80.6 Å². The largest absolute Gasteiger partial charge is 0.294 e. The number of rotatable bonds is 3. The van der Waals surface area contributed by atoms with Crippen LogP contribution in [0.5, 0.6) is 0 Å². The molecule has 0 spiro atoms. The van der Waals surface area contributed by atoms with Crippen molar-refractivity contribution in [3.8, 4) is 0 Å². The zero-order chi connectivity index (χ0) is 14.8. The first kappa shape index (κ1) is 14.8. The zero-order valence-corrected chi connectivity index (χ0v) is 13.5. The lowest BCUT2D eigenvalue weighted by Gasteiger charge is -2.38. The first-order valence-electron chi connectivity index (χ1n) is 8.79. The van der Waals surface area contributed by atoms with E-state index < -0.39 is 0 Å². The van der Waals surface area contributed by atoms with Crippen LogP contribution in [0.4, 0.5) is 0 Å². The van der Waals surface area contributed by atoms with Gasteiger partial charge in [0.2, 0.25) is 0 Å². The minimum absolute atomic E-state index is 0.286. The van der Waals surface area contributed by atoms with E-state index in [2.05, 4.69) is 26.0 Å². The lowest BCUT2D eigenvalue weighted by atomic mass is 9.66. The van der Waals surface area contributed by atoms with Crippen molar-refractivity contribution in [2.24, 2.45) is 17.8 Å². The van der Waals surface area contributed by atoms with E-state index in [9.17, 15) is 4.79 Å². The molecule has 1 nitrogen and oxygen atoms in total. The topological polar surface area (TPSA) is 17.1 Å². The summed E-state index contributed by atoms with van der Waals surface area (Å²) in [4.78, 5) is 12.8. The van der Waals surface area contributed by atoms with Crippen molar-refractivity contribution in [2.45, 2.75) is 64.7 Å². The predicted molar refractivity (Wildman–Crippen MR) is 87.7 cm³/mol. The molecular formula is C20H28O. The molecule has 2 aliphatic carbocycles. The Labute approximate surface area is 129 Å². The minimum atomic E-state index is 0.286. The second-order valence-electron chi connectivity index (χ2n) is 7.46. The van der Waals surface area contributed by atoms with Crippen LogP contribution in [0.2, 0.25) is 0 Å². The summed E-state index contributed by atoms with van der Waals surface area (Å²) in [5.74, 6) is 2.97. The van der Waals surface area contributed by atoms with Crippen molar-refractivity contribution in [2.75, 3.05) is 0 Å². The van der Waals surface area contributed by atoms with Crippen molar-refractivity contribution >= 4 is 5.78 Å². The SMILES string of the molecule is CC(C)c1ccc(C(=O)C2CCC3CCCCC3C2)cc1. The van der Waals surface area contributed by atoms with Crippen LogP contribution in [0.25, 0.3) is 0 Å². The first-order valence-corrected chi connectivity index (χ1v) is 8.79. The summed E-state index contributed by atoms with van der Waals surface area (Å²) in [5.41, 5.74) is 2.25. The highest BCUT2D eigenvalue weighted by molar-refractivity contribution is 5.97. The van der Waals surface area contributed by atoms with Gasteiger partial charge in [0.25, 0.3) is 0 Å². The third kappa shape index (κ3) is 3.22. The van der Waals surface area contributed by atoms with E-state index in [1.165, 1.54) is 37.7 Å². The van der Waals surface area contributed by atoms with Gasteiger partial charge in [-0.3, -0.25) is 4.79 Å². The maximum absolute atomic E-state index is 12.8. The Bertz CT molecular complexity index is 485. The van der Waals surface area contributed by atoms with Crippen molar-refractivity contribution in [1.82, 2.24) is 0 Å². The monoisotopic (exact) mass is 284 g/mol. The molecule has 1 aromatic rings. The van der Waals surface area contributed by atoms with E-state index in [0.29, 0.717) is 11.7 Å². The quantitative estimate of drug-likeness (QED) is 0.660. The van der Waals surface area contributed by atoms with Gasteiger partial charge in [0.05, 0.1) is 0 Å². The highest BCUT2D eigenvalue weighted by Gasteiger charge is 2.35. The summed E-state index contributed by atoms with van der Waals surface area (Å²) >= 11 is 0. The van der Waals surface area contributed by atoms with Crippen molar-refractivity contribution in [3.05, 3.63) is 35.4 Å². The number of hydrogen-bond acceptors (Lipinski definition) is 1. The molecule has 2 saturated carbocycles. The summed E-state index contributed by atoms with van der Waals surface area (Å²) in [6.07, 6.45) is 9.11. The van der Waals surface area contributed by atoms with E-state index in [-0.39, 0.29) is 5.92 Å². The second-order valence-corrected chi connectivity index (χ2v) is 7.46. The number of carbonyl (C=O) groups is 1. The molecule has 114 valence electrons. The van der Waals surface area contributed by atoms with Gasteiger partial charge in [-0.05, 0) is 42.6 Å². The summed E-state index contributed by atoms with van der Waals surface area (Å²) in [6.45, 7) is 4.39. The molecule has 0 heterocycles. The van der Waals surface area contributed by atoms with Gasteiger partial charge in [-0.1, -0.05) is 63.8 Å². The van der Waals surface area contributed by atoms with Gasteiger partial charge in [0.1, 0.15) is 0 Å². The Hall–Kier alpha value is -1.11. The van der Waals surface area contributed by atoms with E-state index in [1.807, 2.05) is 12.1 Å². The van der Waals surface area contributed by atoms with Gasteiger partial charge in [-0.15, -0.1) is 0 Å². The fraction of sp³-hybridized carbons (Fsp3) is 0.650. The number of benzene rings is 1. The summed E-state index contributed by atoms with van der Waals surface area (Å²) in [5, 5.41) is 0. The average Bonchev–Trinajstić information content (AvgIpc) is 2.54. The molecule has 1 heteroatoms. The third-order valence-electron chi connectivity index (χ3n) is 5.77. The van der Waals surface area contributed by atoms with Crippen LogP contribution >= 0.6 is 0 Å². The molecule has 2 fully saturated rings. The van der Waals surface area contributed by atoms with Crippen LogP contribution in [-0.4, -0.2) is 5.78 Å². The van der Waals surface area contributed by atoms with Gasteiger partial charge >= 0.3 is 0 Å². The number of Topliss-reactive ketones (excluding diaryl/α,β-unsaturated/α-hetero) is 1. The smallest absolute Gasteiger partial charge is 0.165 e. The molecule has 0 N–H and O–H groups in total. The molecule has 0 aliphatic heterocycles. The predicted octanol–water partition coefficient (Wildman–Crippen LogP) is 5.60. The fourth-order valence-electron chi connectivity index (χ4n) is 4.38. The van der Waals surface area contributed by atoms with Gasteiger partial charge in [0.15, 0.2) is 5.78 Å². The molecule has 0 radical (unpaired) electrons. The Morgan fingerprint density at radius 3 is 2.29 bits per heavy atom. The lowest BCUT2D eigenvalue weighted by Crippen LogP contribution is -2.31. The Balaban J connectivity index is 1.67. The van der Waals surface area contributed by atoms with Crippen LogP contribution < -0.4 is 0 Å². The van der Waals surface area contributed by atoms with Gasteiger partial charge in [-0.25, -0.2) is 0 Å². The Kier molecular flexibility index (Phi) is 4.47. The molecule has 1 aromatic carbocycles. The summed E-state index contributed by atoms with van der Waals surface area (Å²) in [7, 11) is 0. The fourth-order valence-corrected chi connectivity index (χ4v) is 4.38. The van der Waals surface area contributed by atoms with E-state index >= 15 is 0 Å². The van der Waals surface area contributed by atoms with Gasteiger partial charge in [-0.2, -0.15) is 0 Å². The number of carbonyl (C=O) groups excluding carboxylic acids is 1. The van der Waals surface area contributed by atoms with Crippen molar-refractivity contribution in [1.29, 1.82) is 0 Å². The Morgan fingerprint density at radius 1 is 0.952 bits per heavy atom. The van der Waals surface area contributed by atoms with Crippen LogP contribution in [-0.2, 0) is 0 Å². The molecule has 3 rings (SSSR count). The normalized spacial score (nSPS) is 29.2. The van der Waals surface area contributed by atoms with Gasteiger partial charge < -0.3 is 0 Å². The molecule has 3 unspecified atom stereocenters. The lowest BCUT2D eigenvalue weighted by molar-refractivity contribution is 0.0763. The van der Waals surface area contributed by atoms with Crippen LogP contribution in [0.3, 0.4) is 0 Å². The van der Waals surface area contributed by atoms with E-state index in [4.69, 9.17) is 0 Å². The molecule has 0 aromatic heterocycles.